The molecule has 4 nitrogen and oxygen atoms in total. The predicted octanol–water partition coefficient (Wildman–Crippen LogP) is 2.04. The van der Waals surface area contributed by atoms with Crippen LogP contribution >= 0.6 is 0 Å². The second-order valence-electron chi connectivity index (χ2n) is 3.69. The third-order valence-corrected chi connectivity index (χ3v) is 2.20. The fourth-order valence-corrected chi connectivity index (χ4v) is 1.30. The highest BCUT2D eigenvalue weighted by atomic mass is 19.4. The lowest BCUT2D eigenvalue weighted by Gasteiger charge is -2.15. The van der Waals surface area contributed by atoms with Crippen molar-refractivity contribution in [2.24, 2.45) is 0 Å². The summed E-state index contributed by atoms with van der Waals surface area (Å²) in [6.45, 7) is 3.76. The van der Waals surface area contributed by atoms with Crippen molar-refractivity contribution in [3.05, 3.63) is 23.9 Å². The second kappa shape index (κ2) is 5.70. The van der Waals surface area contributed by atoms with Crippen molar-refractivity contribution in [2.75, 3.05) is 11.9 Å². The Bertz CT molecular complexity index is 420. The molecule has 1 heterocycles. The SMILES string of the molecule is CCNC(=O)C(C)Nc1cc(C(F)(F)F)ccn1. The van der Waals surface area contributed by atoms with Crippen molar-refractivity contribution in [3.8, 4) is 0 Å². The van der Waals surface area contributed by atoms with Gasteiger partial charge in [0.1, 0.15) is 11.9 Å². The quantitative estimate of drug-likeness (QED) is 0.872. The van der Waals surface area contributed by atoms with Gasteiger partial charge in [0, 0.05) is 12.7 Å². The lowest BCUT2D eigenvalue weighted by atomic mass is 10.2. The Labute approximate surface area is 103 Å². The maximum absolute atomic E-state index is 12.4. The molecule has 0 bridgehead atoms. The van der Waals surface area contributed by atoms with Gasteiger partial charge in [0.25, 0.3) is 0 Å². The molecule has 1 aromatic rings. The number of nitrogens with zero attached hydrogens (tertiary/aromatic N) is 1. The lowest BCUT2D eigenvalue weighted by molar-refractivity contribution is -0.137. The lowest BCUT2D eigenvalue weighted by Crippen LogP contribution is -2.37. The largest absolute Gasteiger partial charge is 0.416 e. The number of carbonyl (C=O) groups is 1. The highest BCUT2D eigenvalue weighted by molar-refractivity contribution is 5.83. The van der Waals surface area contributed by atoms with E-state index in [1.54, 1.807) is 13.8 Å². The van der Waals surface area contributed by atoms with Crippen molar-refractivity contribution >= 4 is 11.7 Å². The summed E-state index contributed by atoms with van der Waals surface area (Å²) in [6.07, 6.45) is -3.37. The maximum Gasteiger partial charge on any atom is 0.416 e. The number of amides is 1. The van der Waals surface area contributed by atoms with Crippen molar-refractivity contribution in [2.45, 2.75) is 26.1 Å². The fourth-order valence-electron chi connectivity index (χ4n) is 1.30. The van der Waals surface area contributed by atoms with Crippen LogP contribution in [-0.2, 0) is 11.0 Å². The molecule has 0 saturated carbocycles. The first kappa shape index (κ1) is 14.3. The molecular formula is C11H14F3N3O. The number of alkyl halides is 3. The van der Waals surface area contributed by atoms with E-state index >= 15 is 0 Å². The first-order chi connectivity index (χ1) is 8.34. The summed E-state index contributed by atoms with van der Waals surface area (Å²) >= 11 is 0. The van der Waals surface area contributed by atoms with Crippen LogP contribution in [0.25, 0.3) is 0 Å². The Hall–Kier alpha value is -1.79. The number of hydrogen-bond donors (Lipinski definition) is 2. The van der Waals surface area contributed by atoms with Gasteiger partial charge in [-0.05, 0) is 26.0 Å². The van der Waals surface area contributed by atoms with Crippen LogP contribution in [0.1, 0.15) is 19.4 Å². The summed E-state index contributed by atoms with van der Waals surface area (Å²) in [6, 6.07) is 1.10. The van der Waals surface area contributed by atoms with Gasteiger partial charge in [-0.3, -0.25) is 4.79 Å². The molecule has 0 fully saturated rings. The predicted molar refractivity (Wildman–Crippen MR) is 61.0 cm³/mol. The van der Waals surface area contributed by atoms with Crippen LogP contribution in [0.15, 0.2) is 18.3 Å². The summed E-state index contributed by atoms with van der Waals surface area (Å²) in [4.78, 5) is 15.1. The molecule has 100 valence electrons. The van der Waals surface area contributed by atoms with Crippen LogP contribution < -0.4 is 10.6 Å². The van der Waals surface area contributed by atoms with E-state index in [0.717, 1.165) is 18.3 Å². The average molecular weight is 261 g/mol. The van der Waals surface area contributed by atoms with E-state index in [1.807, 2.05) is 0 Å². The Balaban J connectivity index is 2.76. The number of likely N-dealkylation sites (N-methyl/N-ethyl adjacent to an activating group) is 1. The molecule has 0 radical (unpaired) electrons. The molecule has 0 aromatic carbocycles. The molecule has 0 aliphatic carbocycles. The van der Waals surface area contributed by atoms with Crippen LogP contribution in [0.4, 0.5) is 19.0 Å². The number of hydrogen-bond acceptors (Lipinski definition) is 3. The molecule has 18 heavy (non-hydrogen) atoms. The maximum atomic E-state index is 12.4. The minimum Gasteiger partial charge on any atom is -0.359 e. The number of carbonyl (C=O) groups excluding carboxylic acids is 1. The van der Waals surface area contributed by atoms with E-state index in [-0.39, 0.29) is 11.7 Å². The number of anilines is 1. The van der Waals surface area contributed by atoms with Crippen LogP contribution in [0.2, 0.25) is 0 Å². The Morgan fingerprint density at radius 3 is 2.72 bits per heavy atom. The van der Waals surface area contributed by atoms with E-state index in [1.165, 1.54) is 0 Å². The fraction of sp³-hybridized carbons (Fsp3) is 0.455. The van der Waals surface area contributed by atoms with Crippen molar-refractivity contribution in [1.29, 1.82) is 0 Å². The molecule has 0 aliphatic rings. The second-order valence-corrected chi connectivity index (χ2v) is 3.69. The van der Waals surface area contributed by atoms with Crippen LogP contribution in [0, 0.1) is 0 Å². The number of aromatic nitrogens is 1. The summed E-state index contributed by atoms with van der Waals surface area (Å²) in [7, 11) is 0. The standard InChI is InChI=1S/C11H14F3N3O/c1-3-15-10(18)7(2)17-9-6-8(4-5-16-9)11(12,13)14/h4-7H,3H2,1-2H3,(H,15,18)(H,16,17). The molecule has 1 atom stereocenters. The first-order valence-electron chi connectivity index (χ1n) is 5.42. The molecule has 0 aliphatic heterocycles. The first-order valence-corrected chi connectivity index (χ1v) is 5.42. The Morgan fingerprint density at radius 1 is 1.50 bits per heavy atom. The zero-order valence-electron chi connectivity index (χ0n) is 10.0. The van der Waals surface area contributed by atoms with Crippen LogP contribution in [0.3, 0.4) is 0 Å². The average Bonchev–Trinajstić information content (AvgIpc) is 2.28. The monoisotopic (exact) mass is 261 g/mol. The van der Waals surface area contributed by atoms with E-state index in [4.69, 9.17) is 0 Å². The summed E-state index contributed by atoms with van der Waals surface area (Å²) in [5, 5.41) is 5.17. The molecule has 7 heteroatoms. The van der Waals surface area contributed by atoms with E-state index in [9.17, 15) is 18.0 Å². The van der Waals surface area contributed by atoms with Gasteiger partial charge in [0.05, 0.1) is 5.56 Å². The topological polar surface area (TPSA) is 54.0 Å². The number of halogens is 3. The van der Waals surface area contributed by atoms with Gasteiger partial charge in [-0.15, -0.1) is 0 Å². The molecule has 1 rings (SSSR count). The van der Waals surface area contributed by atoms with Crippen molar-refractivity contribution in [3.63, 3.8) is 0 Å². The molecule has 2 N–H and O–H groups in total. The zero-order chi connectivity index (χ0) is 13.8. The van der Waals surface area contributed by atoms with Gasteiger partial charge < -0.3 is 10.6 Å². The van der Waals surface area contributed by atoms with Gasteiger partial charge >= 0.3 is 6.18 Å². The van der Waals surface area contributed by atoms with Gasteiger partial charge in [0.2, 0.25) is 5.91 Å². The van der Waals surface area contributed by atoms with E-state index in [0.29, 0.717) is 6.54 Å². The molecular weight excluding hydrogens is 247 g/mol. The highest BCUT2D eigenvalue weighted by Crippen LogP contribution is 2.29. The van der Waals surface area contributed by atoms with Crippen molar-refractivity contribution in [1.82, 2.24) is 10.3 Å². The highest BCUT2D eigenvalue weighted by Gasteiger charge is 2.30. The molecule has 1 amide bonds. The third kappa shape index (κ3) is 3.90. The zero-order valence-corrected chi connectivity index (χ0v) is 10.0. The van der Waals surface area contributed by atoms with Crippen LogP contribution in [0.5, 0.6) is 0 Å². The summed E-state index contributed by atoms with van der Waals surface area (Å²) < 4.78 is 37.3. The Morgan fingerprint density at radius 2 is 2.17 bits per heavy atom. The van der Waals surface area contributed by atoms with Crippen LogP contribution in [-0.4, -0.2) is 23.5 Å². The number of rotatable bonds is 4. The normalized spacial score (nSPS) is 12.9. The third-order valence-electron chi connectivity index (χ3n) is 2.20. The summed E-state index contributed by atoms with van der Waals surface area (Å²) in [5.74, 6) is -0.278. The molecule has 1 unspecified atom stereocenters. The van der Waals surface area contributed by atoms with Gasteiger partial charge in [-0.2, -0.15) is 13.2 Å². The van der Waals surface area contributed by atoms with Gasteiger partial charge in [0.15, 0.2) is 0 Å². The van der Waals surface area contributed by atoms with Crippen molar-refractivity contribution < 1.29 is 18.0 Å². The Kier molecular flexibility index (Phi) is 4.52. The minimum absolute atomic E-state index is 0.0172. The minimum atomic E-state index is -4.42. The molecule has 0 spiro atoms. The van der Waals surface area contributed by atoms with Gasteiger partial charge in [-0.25, -0.2) is 4.98 Å². The number of pyridine rings is 1. The summed E-state index contributed by atoms with van der Waals surface area (Å²) in [5.41, 5.74) is -0.803. The number of nitrogens with one attached hydrogen (secondary N) is 2. The van der Waals surface area contributed by atoms with E-state index in [2.05, 4.69) is 15.6 Å². The van der Waals surface area contributed by atoms with E-state index < -0.39 is 17.8 Å². The smallest absolute Gasteiger partial charge is 0.359 e. The van der Waals surface area contributed by atoms with Gasteiger partial charge in [-0.1, -0.05) is 0 Å². The molecule has 1 aromatic heterocycles. The molecule has 0 saturated heterocycles.